The quantitative estimate of drug-likeness (QED) is 0.832. The van der Waals surface area contributed by atoms with Crippen LogP contribution in [0.25, 0.3) is 0 Å². The minimum absolute atomic E-state index is 0.190. The molecule has 2 aromatic rings. The second-order valence-corrected chi connectivity index (χ2v) is 5.91. The molecule has 1 amide bonds. The number of hydrogen-bond acceptors (Lipinski definition) is 5. The predicted octanol–water partition coefficient (Wildman–Crippen LogP) is 3.69. The number of rotatable bonds is 7. The van der Waals surface area contributed by atoms with Crippen molar-refractivity contribution in [2.45, 2.75) is 26.7 Å². The number of anilines is 2. The summed E-state index contributed by atoms with van der Waals surface area (Å²) in [5.74, 6) is 1.55. The number of aromatic nitrogens is 1. The maximum Gasteiger partial charge on any atom is 0.256 e. The molecule has 0 atom stereocenters. The molecular formula is C19H23N3O3. The van der Waals surface area contributed by atoms with Crippen molar-refractivity contribution in [1.29, 1.82) is 0 Å². The number of nitrogens with zero attached hydrogens (tertiary/aromatic N) is 2. The molecule has 0 saturated heterocycles. The fourth-order valence-electron chi connectivity index (χ4n) is 2.78. The lowest BCUT2D eigenvalue weighted by atomic mass is 10.2. The molecule has 25 heavy (non-hydrogen) atoms. The SMILES string of the molecule is CCCN(CCC)c1ccc(NC(=O)c2ccc3c(c2)OCO3)nc1. The average Bonchev–Trinajstić information content (AvgIpc) is 3.10. The Morgan fingerprint density at radius 3 is 2.56 bits per heavy atom. The summed E-state index contributed by atoms with van der Waals surface area (Å²) < 4.78 is 10.6. The number of carbonyl (C=O) groups is 1. The Hall–Kier alpha value is -2.76. The van der Waals surface area contributed by atoms with Gasteiger partial charge in [-0.3, -0.25) is 4.79 Å². The first kappa shape index (κ1) is 17.1. The number of ether oxygens (including phenoxy) is 2. The van der Waals surface area contributed by atoms with Crippen LogP contribution in [0.2, 0.25) is 0 Å². The van der Waals surface area contributed by atoms with Gasteiger partial charge in [-0.15, -0.1) is 0 Å². The molecule has 6 nitrogen and oxygen atoms in total. The lowest BCUT2D eigenvalue weighted by Gasteiger charge is -2.23. The second kappa shape index (κ2) is 7.88. The van der Waals surface area contributed by atoms with Crippen LogP contribution in [0.15, 0.2) is 36.5 Å². The van der Waals surface area contributed by atoms with E-state index >= 15 is 0 Å². The van der Waals surface area contributed by atoms with Crippen molar-refractivity contribution in [1.82, 2.24) is 4.98 Å². The van der Waals surface area contributed by atoms with E-state index in [1.165, 1.54) is 0 Å². The van der Waals surface area contributed by atoms with E-state index in [1.807, 2.05) is 12.1 Å². The maximum absolute atomic E-state index is 12.4. The summed E-state index contributed by atoms with van der Waals surface area (Å²) >= 11 is 0. The Morgan fingerprint density at radius 2 is 1.88 bits per heavy atom. The molecule has 0 fully saturated rings. The van der Waals surface area contributed by atoms with Crippen LogP contribution in [0.1, 0.15) is 37.0 Å². The van der Waals surface area contributed by atoms with Crippen molar-refractivity contribution in [3.63, 3.8) is 0 Å². The first-order chi connectivity index (χ1) is 12.2. The second-order valence-electron chi connectivity index (χ2n) is 5.91. The van der Waals surface area contributed by atoms with E-state index in [9.17, 15) is 4.79 Å². The van der Waals surface area contributed by atoms with Crippen molar-refractivity contribution >= 4 is 17.4 Å². The molecule has 2 heterocycles. The summed E-state index contributed by atoms with van der Waals surface area (Å²) in [6.45, 7) is 6.51. The highest BCUT2D eigenvalue weighted by molar-refractivity contribution is 6.04. The third-order valence-electron chi connectivity index (χ3n) is 3.98. The lowest BCUT2D eigenvalue weighted by Crippen LogP contribution is -2.25. The fraction of sp³-hybridized carbons (Fsp3) is 0.368. The third-order valence-corrected chi connectivity index (χ3v) is 3.98. The van der Waals surface area contributed by atoms with Gasteiger partial charge in [0.15, 0.2) is 11.5 Å². The van der Waals surface area contributed by atoms with E-state index in [1.54, 1.807) is 24.4 Å². The normalized spacial score (nSPS) is 12.1. The molecule has 3 rings (SSSR count). The van der Waals surface area contributed by atoms with E-state index in [-0.39, 0.29) is 12.7 Å². The van der Waals surface area contributed by atoms with Gasteiger partial charge in [0.2, 0.25) is 6.79 Å². The molecular weight excluding hydrogens is 318 g/mol. The van der Waals surface area contributed by atoms with Crippen LogP contribution in [0.3, 0.4) is 0 Å². The molecule has 0 unspecified atom stereocenters. The van der Waals surface area contributed by atoms with Crippen LogP contribution in [-0.4, -0.2) is 30.8 Å². The summed E-state index contributed by atoms with van der Waals surface area (Å²) in [7, 11) is 0. The van der Waals surface area contributed by atoms with Crippen LogP contribution in [0.4, 0.5) is 11.5 Å². The summed E-state index contributed by atoms with van der Waals surface area (Å²) in [5.41, 5.74) is 1.58. The van der Waals surface area contributed by atoms with E-state index in [2.05, 4.69) is 29.0 Å². The van der Waals surface area contributed by atoms with Gasteiger partial charge in [-0.25, -0.2) is 4.98 Å². The average molecular weight is 341 g/mol. The number of fused-ring (bicyclic) bond motifs is 1. The minimum atomic E-state index is -0.225. The van der Waals surface area contributed by atoms with Gasteiger partial charge in [0.1, 0.15) is 5.82 Å². The topological polar surface area (TPSA) is 63.7 Å². The van der Waals surface area contributed by atoms with Gasteiger partial charge >= 0.3 is 0 Å². The Balaban J connectivity index is 1.67. The number of amides is 1. The van der Waals surface area contributed by atoms with Crippen molar-refractivity contribution < 1.29 is 14.3 Å². The first-order valence-corrected chi connectivity index (χ1v) is 8.63. The van der Waals surface area contributed by atoms with E-state index in [0.717, 1.165) is 31.6 Å². The minimum Gasteiger partial charge on any atom is -0.454 e. The Kier molecular flexibility index (Phi) is 5.38. The number of nitrogens with one attached hydrogen (secondary N) is 1. The molecule has 0 radical (unpaired) electrons. The number of carbonyl (C=O) groups excluding carboxylic acids is 1. The van der Waals surface area contributed by atoms with Crippen LogP contribution < -0.4 is 19.7 Å². The van der Waals surface area contributed by atoms with Crippen molar-refractivity contribution in [2.24, 2.45) is 0 Å². The van der Waals surface area contributed by atoms with Gasteiger partial charge in [0.25, 0.3) is 5.91 Å². The van der Waals surface area contributed by atoms with E-state index in [4.69, 9.17) is 9.47 Å². The number of benzene rings is 1. The zero-order chi connectivity index (χ0) is 17.6. The molecule has 0 bridgehead atoms. The fourth-order valence-corrected chi connectivity index (χ4v) is 2.78. The van der Waals surface area contributed by atoms with Crippen LogP contribution in [-0.2, 0) is 0 Å². The summed E-state index contributed by atoms with van der Waals surface area (Å²) in [6, 6.07) is 8.95. The molecule has 1 aromatic heterocycles. The van der Waals surface area contributed by atoms with Gasteiger partial charge in [0, 0.05) is 18.7 Å². The van der Waals surface area contributed by atoms with Gasteiger partial charge in [-0.2, -0.15) is 0 Å². The highest BCUT2D eigenvalue weighted by Gasteiger charge is 2.16. The highest BCUT2D eigenvalue weighted by atomic mass is 16.7. The van der Waals surface area contributed by atoms with Crippen molar-refractivity contribution in [3.05, 3.63) is 42.1 Å². The Bertz CT molecular complexity index is 725. The molecule has 0 saturated carbocycles. The molecule has 0 aliphatic carbocycles. The van der Waals surface area contributed by atoms with Gasteiger partial charge < -0.3 is 19.7 Å². The summed E-state index contributed by atoms with van der Waals surface area (Å²) in [6.07, 6.45) is 3.98. The molecule has 6 heteroatoms. The van der Waals surface area contributed by atoms with E-state index in [0.29, 0.717) is 22.9 Å². The number of hydrogen-bond donors (Lipinski definition) is 1. The van der Waals surface area contributed by atoms with Gasteiger partial charge in [-0.05, 0) is 43.2 Å². The number of pyridine rings is 1. The molecule has 1 aliphatic heterocycles. The lowest BCUT2D eigenvalue weighted by molar-refractivity contribution is 0.102. The van der Waals surface area contributed by atoms with Crippen LogP contribution >= 0.6 is 0 Å². The highest BCUT2D eigenvalue weighted by Crippen LogP contribution is 2.32. The van der Waals surface area contributed by atoms with Gasteiger partial charge in [-0.1, -0.05) is 13.8 Å². The first-order valence-electron chi connectivity index (χ1n) is 8.63. The van der Waals surface area contributed by atoms with E-state index < -0.39 is 0 Å². The molecule has 1 N–H and O–H groups in total. The third kappa shape index (κ3) is 4.02. The molecule has 0 spiro atoms. The Labute approximate surface area is 147 Å². The Morgan fingerprint density at radius 1 is 1.12 bits per heavy atom. The van der Waals surface area contributed by atoms with Crippen molar-refractivity contribution in [2.75, 3.05) is 30.1 Å². The largest absolute Gasteiger partial charge is 0.454 e. The van der Waals surface area contributed by atoms with Crippen LogP contribution in [0.5, 0.6) is 11.5 Å². The molecule has 1 aromatic carbocycles. The summed E-state index contributed by atoms with van der Waals surface area (Å²) in [5, 5.41) is 2.81. The van der Waals surface area contributed by atoms with Crippen molar-refractivity contribution in [3.8, 4) is 11.5 Å². The zero-order valence-electron chi connectivity index (χ0n) is 14.6. The summed E-state index contributed by atoms with van der Waals surface area (Å²) in [4.78, 5) is 19.1. The standard InChI is InChI=1S/C19H23N3O3/c1-3-9-22(10-4-2)15-6-8-18(20-12-15)21-19(23)14-5-7-16-17(11-14)25-13-24-16/h5-8,11-12H,3-4,9-10,13H2,1-2H3,(H,20,21,23). The zero-order valence-corrected chi connectivity index (χ0v) is 14.6. The molecule has 132 valence electrons. The molecule has 1 aliphatic rings. The predicted molar refractivity (Wildman–Crippen MR) is 97.6 cm³/mol. The van der Waals surface area contributed by atoms with Crippen LogP contribution in [0, 0.1) is 0 Å². The van der Waals surface area contributed by atoms with Gasteiger partial charge in [0.05, 0.1) is 11.9 Å². The monoisotopic (exact) mass is 341 g/mol. The maximum atomic E-state index is 12.4. The smallest absolute Gasteiger partial charge is 0.256 e.